The van der Waals surface area contributed by atoms with E-state index in [1.807, 2.05) is 77.9 Å². The fourth-order valence-electron chi connectivity index (χ4n) is 6.55. The van der Waals surface area contributed by atoms with Crippen molar-refractivity contribution in [3.63, 3.8) is 0 Å². The second-order valence-corrected chi connectivity index (χ2v) is 12.1. The van der Waals surface area contributed by atoms with Gasteiger partial charge in [-0.15, -0.1) is 5.69 Å². The second kappa shape index (κ2) is 15.9. The number of anilines is 2. The van der Waals surface area contributed by atoms with Gasteiger partial charge >= 0.3 is 21.1 Å². The summed E-state index contributed by atoms with van der Waals surface area (Å²) >= 11 is 0. The van der Waals surface area contributed by atoms with Gasteiger partial charge in [-0.25, -0.2) is 6.54 Å². The summed E-state index contributed by atoms with van der Waals surface area (Å²) in [6.07, 6.45) is 1.49. The first-order valence-corrected chi connectivity index (χ1v) is 15.7. The fraction of sp³-hybridized carbons (Fsp3) is 0.190. The minimum Gasteiger partial charge on any atom is -0.519 e. The SMILES string of the molecule is Cc1cc(C)c(C(=O)/C=C(\O)c2c(C)cc(C)cc2C)c(C)c1.[Pt+2].[c-]1ccccc1N1[CH-]CN(c2ccccc2)C1c1ccccc1. The maximum absolute atomic E-state index is 12.6. The van der Waals surface area contributed by atoms with Crippen molar-refractivity contribution < 1.29 is 31.0 Å². The first kappa shape index (κ1) is 35.5. The van der Waals surface area contributed by atoms with Gasteiger partial charge in [0.1, 0.15) is 5.76 Å². The van der Waals surface area contributed by atoms with Crippen LogP contribution < -0.4 is 9.80 Å². The van der Waals surface area contributed by atoms with Crippen molar-refractivity contribution in [1.82, 2.24) is 0 Å². The molecule has 1 heterocycles. The second-order valence-electron chi connectivity index (χ2n) is 12.1. The molecule has 4 nitrogen and oxygen atoms in total. The van der Waals surface area contributed by atoms with Crippen LogP contribution >= 0.6 is 0 Å². The molecule has 1 atom stereocenters. The van der Waals surface area contributed by atoms with E-state index in [1.54, 1.807) is 0 Å². The number of rotatable bonds is 6. The van der Waals surface area contributed by atoms with Gasteiger partial charge < -0.3 is 14.9 Å². The van der Waals surface area contributed by atoms with Gasteiger partial charge in [-0.2, -0.15) is 30.3 Å². The molecular formula is C42H42N2O2Pt. The molecule has 0 radical (unpaired) electrons. The first-order chi connectivity index (χ1) is 22.1. The van der Waals surface area contributed by atoms with Crippen LogP contribution in [0.5, 0.6) is 0 Å². The predicted molar refractivity (Wildman–Crippen MR) is 191 cm³/mol. The van der Waals surface area contributed by atoms with Gasteiger partial charge in [0.25, 0.3) is 0 Å². The maximum atomic E-state index is 12.6. The Morgan fingerprint density at radius 3 is 1.79 bits per heavy atom. The first-order valence-electron chi connectivity index (χ1n) is 15.7. The number of carbonyl (C=O) groups excluding carboxylic acids is 1. The van der Waals surface area contributed by atoms with Crippen LogP contribution in [0, 0.1) is 54.2 Å². The van der Waals surface area contributed by atoms with E-state index in [-0.39, 0.29) is 38.8 Å². The standard InChI is InChI=1S/C21H18N2.C21H24O2.Pt/c1-4-10-18(11-5-1)21-22(19-12-6-2-7-13-19)16-17-23(21)20-14-8-3-9-15-20;1-12-7-14(3)20(15(4)8-12)18(22)11-19(23)21-16(5)9-13(2)10-17(21)6;/h1-14,17,21H,16H2;7-11,22H,1-6H3;/q-2;;+2/b;18-11-;. The van der Waals surface area contributed by atoms with Crippen molar-refractivity contribution in [3.05, 3.63) is 178 Å². The molecule has 0 spiro atoms. The maximum Gasteiger partial charge on any atom is 2.00 e. The zero-order valence-corrected chi connectivity index (χ0v) is 30.2. The molecule has 1 aliphatic heterocycles. The number of allylic oxidation sites excluding steroid dienone is 1. The number of nitrogens with zero attached hydrogens (tertiary/aromatic N) is 2. The average Bonchev–Trinajstić information content (AvgIpc) is 3.47. The molecule has 0 bridgehead atoms. The molecule has 5 aromatic rings. The van der Waals surface area contributed by atoms with E-state index in [4.69, 9.17) is 0 Å². The third-order valence-electron chi connectivity index (χ3n) is 8.31. The Hall–Kier alpha value is -4.40. The smallest absolute Gasteiger partial charge is 0.519 e. The van der Waals surface area contributed by atoms with Crippen LogP contribution in [0.1, 0.15) is 61.0 Å². The number of ketones is 1. The molecule has 1 saturated heterocycles. The Kier molecular flexibility index (Phi) is 12.0. The quantitative estimate of drug-likeness (QED) is 0.0804. The summed E-state index contributed by atoms with van der Waals surface area (Å²) in [5.41, 5.74) is 11.1. The molecule has 1 fully saturated rings. The molecule has 5 aromatic carbocycles. The number of hydrogen-bond donors (Lipinski definition) is 1. The van der Waals surface area contributed by atoms with Crippen molar-refractivity contribution in [2.24, 2.45) is 0 Å². The summed E-state index contributed by atoms with van der Waals surface area (Å²) in [6, 6.07) is 40.7. The Bertz CT molecular complexity index is 1740. The summed E-state index contributed by atoms with van der Waals surface area (Å²) in [5, 5.41) is 10.5. The van der Waals surface area contributed by atoms with Crippen LogP contribution in [0.4, 0.5) is 11.4 Å². The Morgan fingerprint density at radius 2 is 1.26 bits per heavy atom. The van der Waals surface area contributed by atoms with Gasteiger partial charge in [0.15, 0.2) is 5.78 Å². The van der Waals surface area contributed by atoms with Crippen LogP contribution in [-0.2, 0) is 21.1 Å². The van der Waals surface area contributed by atoms with Crippen molar-refractivity contribution in [2.75, 3.05) is 16.3 Å². The van der Waals surface area contributed by atoms with Gasteiger partial charge in [-0.1, -0.05) is 90.5 Å². The molecule has 1 aliphatic rings. The van der Waals surface area contributed by atoms with Crippen LogP contribution in [0.3, 0.4) is 0 Å². The predicted octanol–water partition coefficient (Wildman–Crippen LogP) is 9.99. The van der Waals surface area contributed by atoms with Gasteiger partial charge in [0.05, 0.1) is 6.17 Å². The van der Waals surface area contributed by atoms with E-state index in [2.05, 4.69) is 95.2 Å². The van der Waals surface area contributed by atoms with Crippen LogP contribution in [0.2, 0.25) is 0 Å². The number of aliphatic hydroxyl groups excluding tert-OH is 1. The Morgan fingerprint density at radius 1 is 0.745 bits per heavy atom. The van der Waals surface area contributed by atoms with E-state index in [9.17, 15) is 9.90 Å². The minimum atomic E-state index is -0.156. The largest absolute Gasteiger partial charge is 2.00 e. The van der Waals surface area contributed by atoms with E-state index in [0.717, 1.165) is 51.2 Å². The summed E-state index contributed by atoms with van der Waals surface area (Å²) in [5.74, 6) is -0.124. The zero-order chi connectivity index (χ0) is 32.8. The van der Waals surface area contributed by atoms with Crippen LogP contribution in [0.25, 0.3) is 5.76 Å². The summed E-state index contributed by atoms with van der Waals surface area (Å²) in [4.78, 5) is 17.4. The number of hydrogen-bond acceptors (Lipinski definition) is 4. The number of aryl methyl sites for hydroxylation is 6. The molecule has 0 amide bonds. The fourth-order valence-corrected chi connectivity index (χ4v) is 6.55. The molecule has 6 rings (SSSR count). The summed E-state index contributed by atoms with van der Waals surface area (Å²) in [7, 11) is 0. The van der Waals surface area contributed by atoms with Crippen molar-refractivity contribution in [2.45, 2.75) is 47.7 Å². The van der Waals surface area contributed by atoms with Gasteiger partial charge in [0, 0.05) is 22.9 Å². The van der Waals surface area contributed by atoms with Crippen molar-refractivity contribution in [3.8, 4) is 0 Å². The molecule has 47 heavy (non-hydrogen) atoms. The molecule has 0 aromatic heterocycles. The average molecular weight is 802 g/mol. The van der Waals surface area contributed by atoms with Gasteiger partial charge in [0.2, 0.25) is 0 Å². The number of carbonyl (C=O) groups is 1. The molecular weight excluding hydrogens is 760 g/mol. The van der Waals surface area contributed by atoms with Crippen molar-refractivity contribution >= 4 is 22.9 Å². The zero-order valence-electron chi connectivity index (χ0n) is 27.9. The molecule has 1 N–H and O–H groups in total. The van der Waals surface area contributed by atoms with Crippen LogP contribution in [-0.4, -0.2) is 17.4 Å². The Balaban J connectivity index is 0.000000208. The van der Waals surface area contributed by atoms with E-state index < -0.39 is 0 Å². The number of para-hydroxylation sites is 2. The number of aliphatic hydroxyl groups is 1. The third-order valence-corrected chi connectivity index (χ3v) is 8.31. The summed E-state index contributed by atoms with van der Waals surface area (Å²) < 4.78 is 0. The molecule has 5 heteroatoms. The topological polar surface area (TPSA) is 43.8 Å². The minimum absolute atomic E-state index is 0. The molecule has 0 aliphatic carbocycles. The van der Waals surface area contributed by atoms with E-state index in [1.165, 1.54) is 17.3 Å². The van der Waals surface area contributed by atoms with Crippen LogP contribution in [0.15, 0.2) is 115 Å². The van der Waals surface area contributed by atoms with Gasteiger partial charge in [-0.05, 0) is 81.5 Å². The Labute approximate surface area is 294 Å². The normalized spacial score (nSPS) is 14.3. The third kappa shape index (κ3) is 8.31. The molecule has 0 saturated carbocycles. The van der Waals surface area contributed by atoms with Crippen molar-refractivity contribution in [1.29, 1.82) is 0 Å². The summed E-state index contributed by atoms with van der Waals surface area (Å²) in [6.45, 7) is 14.9. The molecule has 1 unspecified atom stereocenters. The van der Waals surface area contributed by atoms with E-state index >= 15 is 0 Å². The van der Waals surface area contributed by atoms with E-state index in [0.29, 0.717) is 5.56 Å². The monoisotopic (exact) mass is 801 g/mol. The number of benzene rings is 5. The molecule has 242 valence electrons. The van der Waals surface area contributed by atoms with Gasteiger partial charge in [-0.3, -0.25) is 4.79 Å².